The van der Waals surface area contributed by atoms with Crippen molar-refractivity contribution in [2.45, 2.75) is 39.9 Å². The summed E-state index contributed by atoms with van der Waals surface area (Å²) in [6.07, 6.45) is 6.86. The molecule has 6 rings (SSSR count). The smallest absolute Gasteiger partial charge is 0.0253 e. The monoisotopic (exact) mass is 586 g/mol. The van der Waals surface area contributed by atoms with Crippen LogP contribution in [-0.2, 0) is 30.7 Å². The first kappa shape index (κ1) is 28.3. The van der Waals surface area contributed by atoms with Crippen molar-refractivity contribution >= 4 is 11.3 Å². The molecule has 0 radical (unpaired) electrons. The van der Waals surface area contributed by atoms with E-state index in [-0.39, 0.29) is 0 Å². The van der Waals surface area contributed by atoms with Gasteiger partial charge in [-0.1, -0.05) is 74.8 Å². The molecule has 0 bridgehead atoms. The van der Waals surface area contributed by atoms with Crippen molar-refractivity contribution in [2.75, 3.05) is 0 Å². The van der Waals surface area contributed by atoms with E-state index in [4.69, 9.17) is 0 Å². The molecule has 0 aliphatic heterocycles. The number of rotatable bonds is 3. The van der Waals surface area contributed by atoms with Gasteiger partial charge < -0.3 is 0 Å². The summed E-state index contributed by atoms with van der Waals surface area (Å²) in [4.78, 5) is 0. The first-order valence-electron chi connectivity index (χ1n) is 13.3. The van der Waals surface area contributed by atoms with E-state index in [1.807, 2.05) is 6.07 Å². The van der Waals surface area contributed by atoms with Gasteiger partial charge in [-0.3, -0.25) is 6.08 Å². The van der Waals surface area contributed by atoms with E-state index in [1.54, 1.807) is 5.20 Å². The second kappa shape index (κ2) is 12.9. The predicted molar refractivity (Wildman–Crippen MR) is 163 cm³/mol. The fourth-order valence-electron chi connectivity index (χ4n) is 5.02. The van der Waals surface area contributed by atoms with Gasteiger partial charge in [0.05, 0.1) is 0 Å². The Kier molecular flexibility index (Phi) is 9.64. The molecule has 0 saturated heterocycles. The molecular formula is C36H36SiZr. The van der Waals surface area contributed by atoms with E-state index in [0.29, 0.717) is 5.92 Å². The summed E-state index contributed by atoms with van der Waals surface area (Å²) in [7, 11) is -1.07. The molecular weight excluding hydrogens is 552 g/mol. The quantitative estimate of drug-likeness (QED) is 0.146. The van der Waals surface area contributed by atoms with Crippen LogP contribution in [0.5, 0.6) is 0 Å². The first-order chi connectivity index (χ1) is 18.2. The number of allylic oxidation sites excluding steroid dienone is 4. The van der Waals surface area contributed by atoms with Crippen LogP contribution in [0.3, 0.4) is 0 Å². The van der Waals surface area contributed by atoms with Crippen LogP contribution in [-0.4, -0.2) is 11.3 Å². The zero-order chi connectivity index (χ0) is 27.1. The Morgan fingerprint density at radius 2 is 1.32 bits per heavy atom. The Balaban J connectivity index is 0.000000134. The second-order valence-corrected chi connectivity index (χ2v) is 17.2. The maximum Gasteiger partial charge on any atom is -0.0253 e. The minimum atomic E-state index is -1.07. The van der Waals surface area contributed by atoms with Gasteiger partial charge in [-0.05, 0) is 14.5 Å². The predicted octanol–water partition coefficient (Wildman–Crippen LogP) is 9.05. The summed E-state index contributed by atoms with van der Waals surface area (Å²) in [5.74, 6) is 0.553. The maximum atomic E-state index is 3.43. The molecule has 0 nitrogen and oxygen atoms in total. The molecule has 0 spiro atoms. The Labute approximate surface area is 245 Å². The summed E-state index contributed by atoms with van der Waals surface area (Å²) in [5.41, 5.74) is 9.57. The van der Waals surface area contributed by atoms with E-state index in [2.05, 4.69) is 149 Å². The molecule has 188 valence electrons. The molecule has 38 heavy (non-hydrogen) atoms. The van der Waals surface area contributed by atoms with Crippen LogP contribution in [0.2, 0.25) is 19.6 Å². The van der Waals surface area contributed by atoms with Gasteiger partial charge in [-0.15, -0.1) is 5.56 Å². The zero-order valence-corrected chi connectivity index (χ0v) is 26.6. The van der Waals surface area contributed by atoms with Crippen LogP contribution in [0.25, 0.3) is 11.1 Å². The summed E-state index contributed by atoms with van der Waals surface area (Å²) in [6.45, 7) is 11.6. The van der Waals surface area contributed by atoms with Crippen molar-refractivity contribution in [3.8, 4) is 11.1 Å². The topological polar surface area (TPSA) is 0 Å². The van der Waals surface area contributed by atoms with Crippen molar-refractivity contribution < 1.29 is 24.2 Å². The largest absolute Gasteiger partial charge is 0.179 e. The van der Waals surface area contributed by atoms with Crippen LogP contribution in [0.15, 0.2) is 120 Å². The fourth-order valence-corrected chi connectivity index (χ4v) is 7.79. The number of hydrogen-bond donors (Lipinski definition) is 0. The second-order valence-electron chi connectivity index (χ2n) is 10.9. The van der Waals surface area contributed by atoms with Crippen molar-refractivity contribution in [1.82, 2.24) is 0 Å². The molecule has 2 heteroatoms. The van der Waals surface area contributed by atoms with Gasteiger partial charge in [0.1, 0.15) is 0 Å². The Morgan fingerprint density at radius 3 is 1.84 bits per heavy atom. The summed E-state index contributed by atoms with van der Waals surface area (Å²) in [5, 5.41) is 1.60. The molecule has 0 amide bonds. The van der Waals surface area contributed by atoms with Crippen molar-refractivity contribution in [1.29, 1.82) is 0 Å². The molecule has 1 atom stereocenters. The standard InChI is InChI=1S/C13H9.C13H10.C10H17Si.Zr/c1-3-7-12-10(5-1)9-11-6-2-4-8-13(11)12;1-3-7-12(8-4-1)11-13-9-5-2-6-10-13;1-8-6-9(2)10(7-8)11(3,4)5;/h1-5,7-8H,9H2;1-10H;7-8H,1-5H3;/q-1;;-1;+2. The molecule has 4 aromatic rings. The average Bonchev–Trinajstić information content (AvgIpc) is 3.49. The van der Waals surface area contributed by atoms with E-state index >= 15 is 0 Å². The molecule has 1 unspecified atom stereocenters. The molecule has 2 aliphatic carbocycles. The van der Waals surface area contributed by atoms with Gasteiger partial charge in [0, 0.05) is 0 Å². The summed E-state index contributed by atoms with van der Waals surface area (Å²) in [6, 6.07) is 39.2. The van der Waals surface area contributed by atoms with E-state index in [0.717, 1.165) is 6.42 Å². The van der Waals surface area contributed by atoms with Crippen molar-refractivity contribution in [3.63, 3.8) is 0 Å². The van der Waals surface area contributed by atoms with Gasteiger partial charge in [0.25, 0.3) is 0 Å². The molecule has 0 aromatic heterocycles. The number of hydrogen-bond acceptors (Lipinski definition) is 0. The molecule has 0 saturated carbocycles. The normalized spacial score (nSPS) is 15.1. The average molecular weight is 588 g/mol. The van der Waals surface area contributed by atoms with Crippen LogP contribution in [0, 0.1) is 18.1 Å². The minimum absolute atomic E-state index is 0.553. The molecule has 4 aromatic carbocycles. The molecule has 0 N–H and O–H groups in total. The van der Waals surface area contributed by atoms with Crippen LogP contribution >= 0.6 is 0 Å². The van der Waals surface area contributed by atoms with Gasteiger partial charge in [0.2, 0.25) is 0 Å². The Morgan fingerprint density at radius 1 is 0.763 bits per heavy atom. The van der Waals surface area contributed by atoms with Crippen molar-refractivity contribution in [3.05, 3.63) is 154 Å². The summed E-state index contributed by atoms with van der Waals surface area (Å²) < 4.78 is 1.42. The van der Waals surface area contributed by atoms with Gasteiger partial charge in [0.15, 0.2) is 0 Å². The number of benzene rings is 4. The molecule has 0 fully saturated rings. The van der Waals surface area contributed by atoms with Gasteiger partial charge in [-0.2, -0.15) is 35.9 Å². The molecule has 0 heterocycles. The van der Waals surface area contributed by atoms with E-state index in [9.17, 15) is 0 Å². The Hall–Kier alpha value is -2.67. The SMILES string of the molecule is CC1=[C-]C(C)C=C1[Si](C)(C)C.[Zr+2]=[C](c1ccccc1)c1ccccc1.[c-]1cccc2c1Cc1ccccc1-2. The zero-order valence-electron chi connectivity index (χ0n) is 23.2. The number of fused-ring (bicyclic) bond motifs is 3. The summed E-state index contributed by atoms with van der Waals surface area (Å²) >= 11 is 1.46. The van der Waals surface area contributed by atoms with Gasteiger partial charge >= 0.3 is 99.2 Å². The van der Waals surface area contributed by atoms with Crippen molar-refractivity contribution in [2.24, 2.45) is 5.92 Å². The molecule has 2 aliphatic rings. The van der Waals surface area contributed by atoms with E-state index in [1.165, 1.54) is 66.4 Å². The first-order valence-corrected chi connectivity index (χ1v) is 18.1. The maximum absolute atomic E-state index is 3.43. The van der Waals surface area contributed by atoms with E-state index < -0.39 is 8.07 Å². The third kappa shape index (κ3) is 7.25. The van der Waals surface area contributed by atoms with Crippen LogP contribution in [0.1, 0.15) is 36.1 Å². The third-order valence-corrected chi connectivity index (χ3v) is 10.4. The Bertz CT molecular complexity index is 1350. The van der Waals surface area contributed by atoms with Crippen LogP contribution < -0.4 is 0 Å². The van der Waals surface area contributed by atoms with Crippen LogP contribution in [0.4, 0.5) is 0 Å². The third-order valence-electron chi connectivity index (χ3n) is 6.81. The minimum Gasteiger partial charge on any atom is -0.179 e. The fraction of sp³-hybridized carbons (Fsp3) is 0.194. The van der Waals surface area contributed by atoms with Gasteiger partial charge in [-0.25, -0.2) is 10.8 Å².